The molecule has 0 saturated carbocycles. The van der Waals surface area contributed by atoms with E-state index in [1.165, 1.54) is 7.11 Å². The minimum Gasteiger partial charge on any atom is -0.468 e. The molecule has 0 saturated heterocycles. The van der Waals surface area contributed by atoms with Crippen molar-refractivity contribution in [3.05, 3.63) is 65.7 Å². The normalized spacial score (nSPS) is 12.9. The van der Waals surface area contributed by atoms with Crippen molar-refractivity contribution in [2.75, 3.05) is 12.4 Å². The maximum Gasteiger partial charge on any atom is 0.327 e. The summed E-state index contributed by atoms with van der Waals surface area (Å²) in [4.78, 5) is 23.6. The molecule has 132 valence electrons. The molecule has 0 aliphatic heterocycles. The molecule has 2 aromatic carbocycles. The van der Waals surface area contributed by atoms with Crippen LogP contribution in [0.1, 0.15) is 43.5 Å². The number of nitrogens with one attached hydrogen (secondary N) is 2. The van der Waals surface area contributed by atoms with Crippen LogP contribution in [0.3, 0.4) is 0 Å². The average Bonchev–Trinajstić information content (AvgIpc) is 2.66. The van der Waals surface area contributed by atoms with Crippen molar-refractivity contribution in [1.29, 1.82) is 0 Å². The minimum absolute atomic E-state index is 0.0197. The highest BCUT2D eigenvalue weighted by atomic mass is 16.5. The molecule has 2 aromatic rings. The van der Waals surface area contributed by atoms with Gasteiger partial charge in [0.1, 0.15) is 6.04 Å². The van der Waals surface area contributed by atoms with Gasteiger partial charge in [-0.2, -0.15) is 0 Å². The number of anilines is 1. The topological polar surface area (TPSA) is 67.4 Å². The zero-order chi connectivity index (χ0) is 18.2. The second-order valence-corrected chi connectivity index (χ2v) is 5.78. The van der Waals surface area contributed by atoms with Gasteiger partial charge in [0.2, 0.25) is 5.91 Å². The van der Waals surface area contributed by atoms with E-state index in [0.717, 1.165) is 16.8 Å². The Labute approximate surface area is 148 Å². The summed E-state index contributed by atoms with van der Waals surface area (Å²) in [6.07, 6.45) is 0.442. The molecule has 0 bridgehead atoms. The lowest BCUT2D eigenvalue weighted by Crippen LogP contribution is -2.31. The second-order valence-electron chi connectivity index (χ2n) is 5.78. The van der Waals surface area contributed by atoms with Crippen LogP contribution in [-0.2, 0) is 14.3 Å². The molecule has 5 heteroatoms. The van der Waals surface area contributed by atoms with Gasteiger partial charge in [-0.05, 0) is 30.2 Å². The summed E-state index contributed by atoms with van der Waals surface area (Å²) in [5, 5.41) is 6.13. The monoisotopic (exact) mass is 340 g/mol. The second kappa shape index (κ2) is 8.99. The molecule has 2 rings (SSSR count). The van der Waals surface area contributed by atoms with Crippen LogP contribution >= 0.6 is 0 Å². The Morgan fingerprint density at radius 3 is 2.20 bits per heavy atom. The first-order valence-electron chi connectivity index (χ1n) is 8.33. The van der Waals surface area contributed by atoms with Gasteiger partial charge in [-0.15, -0.1) is 0 Å². The van der Waals surface area contributed by atoms with Gasteiger partial charge >= 0.3 is 5.97 Å². The Morgan fingerprint density at radius 1 is 1.00 bits per heavy atom. The number of carbonyl (C=O) groups is 2. The molecular weight excluding hydrogens is 316 g/mol. The van der Waals surface area contributed by atoms with Gasteiger partial charge < -0.3 is 10.1 Å². The molecule has 1 amide bonds. The lowest BCUT2D eigenvalue weighted by Gasteiger charge is -2.22. The van der Waals surface area contributed by atoms with E-state index in [1.807, 2.05) is 68.4 Å². The van der Waals surface area contributed by atoms with Crippen molar-refractivity contribution in [3.63, 3.8) is 0 Å². The summed E-state index contributed by atoms with van der Waals surface area (Å²) >= 11 is 0. The van der Waals surface area contributed by atoms with E-state index in [1.54, 1.807) is 0 Å². The molecule has 0 spiro atoms. The maximum atomic E-state index is 12.2. The van der Waals surface area contributed by atoms with E-state index >= 15 is 0 Å². The van der Waals surface area contributed by atoms with Crippen molar-refractivity contribution in [2.24, 2.45) is 0 Å². The fourth-order valence-corrected chi connectivity index (χ4v) is 2.51. The summed E-state index contributed by atoms with van der Waals surface area (Å²) in [7, 11) is 1.38. The lowest BCUT2D eigenvalue weighted by molar-refractivity contribution is -0.143. The Bertz CT molecular complexity index is 699. The van der Waals surface area contributed by atoms with Gasteiger partial charge in [0.15, 0.2) is 0 Å². The van der Waals surface area contributed by atoms with Crippen LogP contribution in [0.5, 0.6) is 0 Å². The smallest absolute Gasteiger partial charge is 0.327 e. The van der Waals surface area contributed by atoms with Crippen molar-refractivity contribution < 1.29 is 14.3 Å². The molecule has 2 N–H and O–H groups in total. The van der Waals surface area contributed by atoms with E-state index in [-0.39, 0.29) is 17.9 Å². The summed E-state index contributed by atoms with van der Waals surface area (Å²) in [6, 6.07) is 16.4. The Kier molecular flexibility index (Phi) is 6.71. The quantitative estimate of drug-likeness (QED) is 0.756. The Balaban J connectivity index is 2.11. The van der Waals surface area contributed by atoms with Gasteiger partial charge in [0, 0.05) is 18.2 Å². The van der Waals surface area contributed by atoms with Crippen molar-refractivity contribution in [1.82, 2.24) is 5.32 Å². The predicted octanol–water partition coefficient (Wildman–Crippen LogP) is 3.60. The van der Waals surface area contributed by atoms with Crippen LogP contribution < -0.4 is 10.6 Å². The average molecular weight is 340 g/mol. The largest absolute Gasteiger partial charge is 0.468 e. The molecule has 5 nitrogen and oxygen atoms in total. The Morgan fingerprint density at radius 2 is 1.64 bits per heavy atom. The number of amides is 1. The van der Waals surface area contributed by atoms with E-state index in [9.17, 15) is 9.59 Å². The molecule has 0 unspecified atom stereocenters. The zero-order valence-corrected chi connectivity index (χ0v) is 14.8. The van der Waals surface area contributed by atoms with Crippen molar-refractivity contribution in [3.8, 4) is 0 Å². The molecule has 0 aromatic heterocycles. The standard InChI is InChI=1S/C20H24N2O3/c1-4-18(23)22-17-12-10-15(11-13-17)14(2)21-19(20(24)25-3)16-8-6-5-7-9-16/h5-14,19,21H,4H2,1-3H3,(H,22,23)/t14-,19+/m0/s1. The summed E-state index contributed by atoms with van der Waals surface area (Å²) < 4.78 is 4.93. The van der Waals surface area contributed by atoms with Gasteiger partial charge in [-0.1, -0.05) is 49.4 Å². The summed E-state index contributed by atoms with van der Waals surface area (Å²) in [6.45, 7) is 3.80. The highest BCUT2D eigenvalue weighted by Gasteiger charge is 2.23. The van der Waals surface area contributed by atoms with Crippen molar-refractivity contribution >= 4 is 17.6 Å². The first-order chi connectivity index (χ1) is 12.0. The lowest BCUT2D eigenvalue weighted by atomic mass is 10.0. The van der Waals surface area contributed by atoms with Crippen molar-refractivity contribution in [2.45, 2.75) is 32.4 Å². The molecule has 0 radical (unpaired) electrons. The van der Waals surface area contributed by atoms with Gasteiger partial charge in [0.25, 0.3) is 0 Å². The number of benzene rings is 2. The molecule has 0 heterocycles. The third-order valence-electron chi connectivity index (χ3n) is 4.00. The number of hydrogen-bond acceptors (Lipinski definition) is 4. The highest BCUT2D eigenvalue weighted by Crippen LogP contribution is 2.22. The van der Waals surface area contributed by atoms with E-state index < -0.39 is 6.04 Å². The zero-order valence-electron chi connectivity index (χ0n) is 14.8. The SMILES string of the molecule is CCC(=O)Nc1ccc([C@H](C)N[C@@H](C(=O)OC)c2ccccc2)cc1. The van der Waals surface area contributed by atoms with Crippen LogP contribution in [0.2, 0.25) is 0 Å². The summed E-state index contributed by atoms with van der Waals surface area (Å²) in [5.74, 6) is -0.348. The van der Waals surface area contributed by atoms with E-state index in [0.29, 0.717) is 6.42 Å². The van der Waals surface area contributed by atoms with E-state index in [2.05, 4.69) is 10.6 Å². The van der Waals surface area contributed by atoms with Gasteiger partial charge in [-0.25, -0.2) is 4.79 Å². The fourth-order valence-electron chi connectivity index (χ4n) is 2.51. The minimum atomic E-state index is -0.541. The maximum absolute atomic E-state index is 12.2. The third-order valence-corrected chi connectivity index (χ3v) is 4.00. The highest BCUT2D eigenvalue weighted by molar-refractivity contribution is 5.90. The fraction of sp³-hybridized carbons (Fsp3) is 0.300. The number of methoxy groups -OCH3 is 1. The van der Waals surface area contributed by atoms with Crippen LogP contribution in [0, 0.1) is 0 Å². The number of rotatable bonds is 7. The molecule has 0 aliphatic carbocycles. The molecule has 0 aliphatic rings. The predicted molar refractivity (Wildman–Crippen MR) is 98.1 cm³/mol. The molecule has 2 atom stereocenters. The van der Waals surface area contributed by atoms with Crippen LogP contribution in [0.4, 0.5) is 5.69 Å². The molecular formula is C20H24N2O3. The first kappa shape index (κ1) is 18.7. The third kappa shape index (κ3) is 5.16. The first-order valence-corrected chi connectivity index (χ1v) is 8.33. The number of esters is 1. The van der Waals surface area contributed by atoms with Crippen LogP contribution in [-0.4, -0.2) is 19.0 Å². The summed E-state index contributed by atoms with van der Waals surface area (Å²) in [5.41, 5.74) is 2.63. The molecule has 0 fully saturated rings. The molecule has 25 heavy (non-hydrogen) atoms. The van der Waals surface area contributed by atoms with E-state index in [4.69, 9.17) is 4.74 Å². The Hall–Kier alpha value is -2.66. The van der Waals surface area contributed by atoms with Crippen LogP contribution in [0.15, 0.2) is 54.6 Å². The van der Waals surface area contributed by atoms with Gasteiger partial charge in [-0.3, -0.25) is 10.1 Å². The number of hydrogen-bond donors (Lipinski definition) is 2. The number of ether oxygens (including phenoxy) is 1. The van der Waals surface area contributed by atoms with Gasteiger partial charge in [0.05, 0.1) is 7.11 Å². The van der Waals surface area contributed by atoms with Crippen LogP contribution in [0.25, 0.3) is 0 Å². The number of carbonyl (C=O) groups excluding carboxylic acids is 2.